The normalized spacial score (nSPS) is 10.6. The van der Waals surface area contributed by atoms with E-state index in [4.69, 9.17) is 4.74 Å². The minimum Gasteiger partial charge on any atom is -0.461 e. The second-order valence-electron chi connectivity index (χ2n) is 6.15. The summed E-state index contributed by atoms with van der Waals surface area (Å²) in [5, 5.41) is 13.6. The van der Waals surface area contributed by atoms with Gasteiger partial charge in [-0.15, -0.1) is 0 Å². The van der Waals surface area contributed by atoms with Crippen LogP contribution >= 0.6 is 0 Å². The molecule has 2 rings (SSSR count). The molecule has 0 fully saturated rings. The Bertz CT molecular complexity index is 859. The topological polar surface area (TPSA) is 98.5 Å². The molecule has 146 valence electrons. The molecule has 0 aliphatic carbocycles. The van der Waals surface area contributed by atoms with Crippen LogP contribution < -0.4 is 5.32 Å². The maximum Gasteiger partial charge on any atom is 0.330 e. The summed E-state index contributed by atoms with van der Waals surface area (Å²) in [6.07, 6.45) is 3.46. The van der Waals surface area contributed by atoms with E-state index in [0.717, 1.165) is 11.6 Å². The number of nitro benzene ring substituents is 1. The Morgan fingerprint density at radius 1 is 1.14 bits per heavy atom. The second-order valence-corrected chi connectivity index (χ2v) is 6.15. The fourth-order valence-corrected chi connectivity index (χ4v) is 2.44. The molecular formula is C21H22N2O5. The molecule has 0 heterocycles. The third-order valence-electron chi connectivity index (χ3n) is 3.96. The molecule has 0 bridgehead atoms. The van der Waals surface area contributed by atoms with Crippen LogP contribution in [0.1, 0.15) is 23.1 Å². The zero-order chi connectivity index (χ0) is 20.4. The van der Waals surface area contributed by atoms with E-state index in [1.807, 2.05) is 31.2 Å². The van der Waals surface area contributed by atoms with E-state index in [-0.39, 0.29) is 24.7 Å². The van der Waals surface area contributed by atoms with Gasteiger partial charge < -0.3 is 10.1 Å². The van der Waals surface area contributed by atoms with Crippen molar-refractivity contribution in [2.24, 2.45) is 0 Å². The maximum absolute atomic E-state index is 11.8. The number of benzene rings is 2. The molecule has 0 atom stereocenters. The first-order valence-corrected chi connectivity index (χ1v) is 8.86. The highest BCUT2D eigenvalue weighted by Crippen LogP contribution is 2.18. The summed E-state index contributed by atoms with van der Waals surface area (Å²) in [7, 11) is 0. The Labute approximate surface area is 163 Å². The minimum absolute atomic E-state index is 0.0241. The third-order valence-corrected chi connectivity index (χ3v) is 3.96. The van der Waals surface area contributed by atoms with Gasteiger partial charge in [0.25, 0.3) is 5.69 Å². The number of carbonyl (C=O) groups excluding carboxylic acids is 2. The van der Waals surface area contributed by atoms with Gasteiger partial charge in [-0.05, 0) is 31.1 Å². The molecule has 0 unspecified atom stereocenters. The maximum atomic E-state index is 11.8. The molecule has 0 saturated carbocycles. The van der Waals surface area contributed by atoms with Crippen LogP contribution in [-0.2, 0) is 20.7 Å². The number of aryl methyl sites for hydroxylation is 2. The molecule has 2 aromatic rings. The summed E-state index contributed by atoms with van der Waals surface area (Å²) in [5.41, 5.74) is 2.49. The van der Waals surface area contributed by atoms with Gasteiger partial charge in [0.2, 0.25) is 5.91 Å². The van der Waals surface area contributed by atoms with Gasteiger partial charge in [-0.25, -0.2) is 4.79 Å². The standard InChI is InChI=1S/C21H22N2O5/c1-16-6-8-17(9-7-16)10-12-20(24)22-14-15-28-21(25)13-11-18-4-2-3-5-19(18)23(26)27/h2-9,11,13H,10,12,14-15H2,1H3,(H,22,24)/b13-11+. The molecule has 0 aliphatic rings. The van der Waals surface area contributed by atoms with Crippen LogP contribution in [0.4, 0.5) is 5.69 Å². The van der Waals surface area contributed by atoms with E-state index in [1.165, 1.54) is 23.8 Å². The number of ether oxygens (including phenoxy) is 1. The number of nitro groups is 1. The molecule has 2 aromatic carbocycles. The van der Waals surface area contributed by atoms with Crippen LogP contribution in [0.2, 0.25) is 0 Å². The van der Waals surface area contributed by atoms with E-state index in [2.05, 4.69) is 5.32 Å². The monoisotopic (exact) mass is 382 g/mol. The molecule has 7 heteroatoms. The van der Waals surface area contributed by atoms with Gasteiger partial charge in [-0.3, -0.25) is 14.9 Å². The summed E-state index contributed by atoms with van der Waals surface area (Å²) in [5.74, 6) is -0.751. The molecule has 0 saturated heterocycles. The number of nitrogens with one attached hydrogen (secondary N) is 1. The van der Waals surface area contributed by atoms with Crippen molar-refractivity contribution < 1.29 is 19.2 Å². The molecule has 1 amide bonds. The molecule has 1 N–H and O–H groups in total. The number of nitrogens with zero attached hydrogens (tertiary/aromatic N) is 1. The van der Waals surface area contributed by atoms with Crippen molar-refractivity contribution in [2.75, 3.05) is 13.2 Å². The highest BCUT2D eigenvalue weighted by molar-refractivity contribution is 5.88. The highest BCUT2D eigenvalue weighted by Gasteiger charge is 2.10. The van der Waals surface area contributed by atoms with E-state index >= 15 is 0 Å². The van der Waals surface area contributed by atoms with E-state index in [1.54, 1.807) is 12.1 Å². The van der Waals surface area contributed by atoms with Gasteiger partial charge in [0.15, 0.2) is 0 Å². The average molecular weight is 382 g/mol. The fraction of sp³-hybridized carbons (Fsp3) is 0.238. The lowest BCUT2D eigenvalue weighted by Gasteiger charge is -2.06. The highest BCUT2D eigenvalue weighted by atomic mass is 16.6. The Morgan fingerprint density at radius 3 is 2.57 bits per heavy atom. The van der Waals surface area contributed by atoms with Gasteiger partial charge in [-0.2, -0.15) is 0 Å². The van der Waals surface area contributed by atoms with E-state index < -0.39 is 10.9 Å². The van der Waals surface area contributed by atoms with Gasteiger partial charge in [0.1, 0.15) is 6.61 Å². The molecule has 0 radical (unpaired) electrons. The van der Waals surface area contributed by atoms with Crippen molar-refractivity contribution in [2.45, 2.75) is 19.8 Å². The fourth-order valence-electron chi connectivity index (χ4n) is 2.44. The van der Waals surface area contributed by atoms with Crippen LogP contribution in [0.25, 0.3) is 6.08 Å². The number of esters is 1. The summed E-state index contributed by atoms with van der Waals surface area (Å²) in [4.78, 5) is 33.9. The van der Waals surface area contributed by atoms with Crippen LogP contribution in [0.15, 0.2) is 54.6 Å². The second kappa shape index (κ2) is 10.6. The minimum atomic E-state index is -0.632. The lowest BCUT2D eigenvalue weighted by molar-refractivity contribution is -0.385. The van der Waals surface area contributed by atoms with Crippen molar-refractivity contribution in [3.8, 4) is 0 Å². The zero-order valence-corrected chi connectivity index (χ0v) is 15.6. The predicted molar refractivity (Wildman–Crippen MR) is 106 cm³/mol. The Kier molecular flexibility index (Phi) is 7.90. The van der Waals surface area contributed by atoms with Crippen LogP contribution in [0.5, 0.6) is 0 Å². The number of amides is 1. The summed E-state index contributed by atoms with van der Waals surface area (Å²) in [6, 6.07) is 14.1. The van der Waals surface area contributed by atoms with Crippen molar-refractivity contribution in [1.82, 2.24) is 5.32 Å². The van der Waals surface area contributed by atoms with Gasteiger partial charge >= 0.3 is 5.97 Å². The van der Waals surface area contributed by atoms with Crippen molar-refractivity contribution >= 4 is 23.6 Å². The number of carbonyl (C=O) groups is 2. The van der Waals surface area contributed by atoms with E-state index in [9.17, 15) is 19.7 Å². The first-order chi connectivity index (χ1) is 13.5. The number of rotatable bonds is 9. The largest absolute Gasteiger partial charge is 0.461 e. The van der Waals surface area contributed by atoms with Crippen molar-refractivity contribution in [3.05, 3.63) is 81.4 Å². The molecule has 7 nitrogen and oxygen atoms in total. The molecule has 0 aromatic heterocycles. The first-order valence-electron chi connectivity index (χ1n) is 8.86. The Hall–Kier alpha value is -3.48. The predicted octanol–water partition coefficient (Wildman–Crippen LogP) is 3.21. The van der Waals surface area contributed by atoms with Crippen LogP contribution in [-0.4, -0.2) is 30.0 Å². The number of hydrogen-bond acceptors (Lipinski definition) is 5. The quantitative estimate of drug-likeness (QED) is 0.236. The Balaban J connectivity index is 1.67. The number of para-hydroxylation sites is 1. The van der Waals surface area contributed by atoms with Gasteiger partial charge in [0, 0.05) is 18.6 Å². The SMILES string of the molecule is Cc1ccc(CCC(=O)NCCOC(=O)/C=C/c2ccccc2[N+](=O)[O-])cc1. The van der Waals surface area contributed by atoms with E-state index in [0.29, 0.717) is 18.4 Å². The van der Waals surface area contributed by atoms with Crippen molar-refractivity contribution in [1.29, 1.82) is 0 Å². The zero-order valence-electron chi connectivity index (χ0n) is 15.6. The van der Waals surface area contributed by atoms with Crippen molar-refractivity contribution in [3.63, 3.8) is 0 Å². The first kappa shape index (κ1) is 20.8. The summed E-state index contributed by atoms with van der Waals surface area (Å²) >= 11 is 0. The molecule has 28 heavy (non-hydrogen) atoms. The smallest absolute Gasteiger partial charge is 0.330 e. The van der Waals surface area contributed by atoms with Crippen LogP contribution in [0, 0.1) is 17.0 Å². The summed E-state index contributed by atoms with van der Waals surface area (Å²) < 4.78 is 4.98. The molecule has 0 aliphatic heterocycles. The van der Waals surface area contributed by atoms with Crippen LogP contribution in [0.3, 0.4) is 0 Å². The van der Waals surface area contributed by atoms with Gasteiger partial charge in [0.05, 0.1) is 17.0 Å². The average Bonchev–Trinajstić information content (AvgIpc) is 2.69. The lowest BCUT2D eigenvalue weighted by atomic mass is 10.1. The Morgan fingerprint density at radius 2 is 1.86 bits per heavy atom. The van der Waals surface area contributed by atoms with Gasteiger partial charge in [-0.1, -0.05) is 42.0 Å². The number of hydrogen-bond donors (Lipinski definition) is 1. The molecule has 0 spiro atoms. The molecular weight excluding hydrogens is 360 g/mol. The third kappa shape index (κ3) is 7.03. The lowest BCUT2D eigenvalue weighted by Crippen LogP contribution is -2.28. The summed E-state index contributed by atoms with van der Waals surface area (Å²) in [6.45, 7) is 2.24.